The van der Waals surface area contributed by atoms with E-state index in [0.29, 0.717) is 21.4 Å². The molecule has 2 N–H and O–H groups in total. The third kappa shape index (κ3) is 4.14. The van der Waals surface area contributed by atoms with Gasteiger partial charge in [0, 0.05) is 19.0 Å². The molecule has 1 aliphatic rings. The number of ether oxygens (including phenoxy) is 2. The van der Waals surface area contributed by atoms with E-state index in [-0.39, 0.29) is 12.3 Å². The van der Waals surface area contributed by atoms with E-state index < -0.39 is 27.9 Å². The standard InChI is InChI=1S/C16H21N3O6S/c1-5-9-19(26(17,22)23)14(20)18(4)15(21)24-12-8-6-7-11-10-16(2,3)25-13(11)12/h5-8H,1,9-10H2,2-4H3,(H2,17,22,23). The minimum absolute atomic E-state index is 0.142. The molecule has 0 aliphatic carbocycles. The van der Waals surface area contributed by atoms with E-state index in [9.17, 15) is 18.0 Å². The lowest BCUT2D eigenvalue weighted by Crippen LogP contribution is -2.50. The van der Waals surface area contributed by atoms with Gasteiger partial charge in [0.05, 0.1) is 6.54 Å². The van der Waals surface area contributed by atoms with Crippen LogP contribution in [0.1, 0.15) is 19.4 Å². The Morgan fingerprint density at radius 1 is 1.42 bits per heavy atom. The molecule has 1 aromatic rings. The quantitative estimate of drug-likeness (QED) is 0.790. The van der Waals surface area contributed by atoms with E-state index >= 15 is 0 Å². The van der Waals surface area contributed by atoms with Crippen LogP contribution in [0.25, 0.3) is 0 Å². The zero-order valence-corrected chi connectivity index (χ0v) is 15.6. The lowest BCUT2D eigenvalue weighted by molar-refractivity contribution is 0.128. The van der Waals surface area contributed by atoms with Crippen molar-refractivity contribution in [1.29, 1.82) is 0 Å². The van der Waals surface area contributed by atoms with Gasteiger partial charge in [0.2, 0.25) is 0 Å². The summed E-state index contributed by atoms with van der Waals surface area (Å²) in [7, 11) is -3.28. The number of imide groups is 1. The van der Waals surface area contributed by atoms with Gasteiger partial charge in [-0.15, -0.1) is 6.58 Å². The number of benzene rings is 1. The summed E-state index contributed by atoms with van der Waals surface area (Å²) in [5.74, 6) is 0.560. The van der Waals surface area contributed by atoms with E-state index in [4.69, 9.17) is 14.6 Å². The van der Waals surface area contributed by atoms with Crippen LogP contribution in [0, 0.1) is 0 Å². The minimum Gasteiger partial charge on any atom is -0.483 e. The van der Waals surface area contributed by atoms with Crippen LogP contribution >= 0.6 is 0 Å². The van der Waals surface area contributed by atoms with Crippen molar-refractivity contribution in [3.05, 3.63) is 36.4 Å². The molecule has 142 valence electrons. The first-order valence-corrected chi connectivity index (χ1v) is 9.18. The maximum atomic E-state index is 12.3. The first-order chi connectivity index (χ1) is 12.0. The van der Waals surface area contributed by atoms with Gasteiger partial charge in [0.25, 0.3) is 0 Å². The predicted octanol–water partition coefficient (Wildman–Crippen LogP) is 1.64. The van der Waals surface area contributed by atoms with Gasteiger partial charge >= 0.3 is 22.3 Å². The average Bonchev–Trinajstić information content (AvgIpc) is 2.85. The molecule has 10 heteroatoms. The zero-order valence-electron chi connectivity index (χ0n) is 14.8. The Balaban J connectivity index is 2.20. The molecule has 0 saturated carbocycles. The van der Waals surface area contributed by atoms with Crippen molar-refractivity contribution in [1.82, 2.24) is 9.21 Å². The highest BCUT2D eigenvalue weighted by molar-refractivity contribution is 7.87. The van der Waals surface area contributed by atoms with Gasteiger partial charge < -0.3 is 9.47 Å². The van der Waals surface area contributed by atoms with Crippen molar-refractivity contribution in [2.24, 2.45) is 5.14 Å². The molecule has 3 amide bonds. The van der Waals surface area contributed by atoms with Gasteiger partial charge in [-0.2, -0.15) is 8.42 Å². The first kappa shape index (κ1) is 19.7. The molecule has 1 heterocycles. The maximum absolute atomic E-state index is 12.3. The summed E-state index contributed by atoms with van der Waals surface area (Å²) in [5.41, 5.74) is 0.424. The molecule has 1 aliphatic heterocycles. The second-order valence-electron chi connectivity index (χ2n) is 6.36. The van der Waals surface area contributed by atoms with Crippen LogP contribution in [0.2, 0.25) is 0 Å². The molecule has 0 unspecified atom stereocenters. The molecule has 9 nitrogen and oxygen atoms in total. The second kappa shape index (κ2) is 6.96. The predicted molar refractivity (Wildman–Crippen MR) is 94.0 cm³/mol. The highest BCUT2D eigenvalue weighted by atomic mass is 32.2. The summed E-state index contributed by atoms with van der Waals surface area (Å²) in [5, 5.41) is 4.99. The summed E-state index contributed by atoms with van der Waals surface area (Å²) in [6.07, 6.45) is 0.733. The van der Waals surface area contributed by atoms with E-state index in [1.165, 1.54) is 12.1 Å². The third-order valence-electron chi connectivity index (χ3n) is 3.63. The molecule has 26 heavy (non-hydrogen) atoms. The molecule has 2 rings (SSSR count). The molecule has 0 fully saturated rings. The number of hydrogen-bond acceptors (Lipinski definition) is 6. The largest absolute Gasteiger partial charge is 0.483 e. The summed E-state index contributed by atoms with van der Waals surface area (Å²) in [6.45, 7) is 6.77. The summed E-state index contributed by atoms with van der Waals surface area (Å²) in [6, 6.07) is 3.91. The van der Waals surface area contributed by atoms with Crippen LogP contribution in [-0.2, 0) is 16.6 Å². The monoisotopic (exact) mass is 383 g/mol. The lowest BCUT2D eigenvalue weighted by atomic mass is 10.0. The van der Waals surface area contributed by atoms with Crippen LogP contribution in [0.4, 0.5) is 9.59 Å². The zero-order chi connectivity index (χ0) is 19.7. The van der Waals surface area contributed by atoms with Gasteiger partial charge in [-0.1, -0.05) is 18.2 Å². The number of fused-ring (bicyclic) bond motifs is 1. The topological polar surface area (TPSA) is 119 Å². The number of para-hydroxylation sites is 1. The minimum atomic E-state index is -4.36. The summed E-state index contributed by atoms with van der Waals surface area (Å²) in [4.78, 5) is 25.1. The van der Waals surface area contributed by atoms with Crippen LogP contribution in [0.15, 0.2) is 30.9 Å². The highest BCUT2D eigenvalue weighted by Gasteiger charge is 2.34. The van der Waals surface area contributed by atoms with E-state index in [0.717, 1.165) is 12.6 Å². The fourth-order valence-corrected chi connectivity index (χ4v) is 3.14. The van der Waals surface area contributed by atoms with Gasteiger partial charge in [0.1, 0.15) is 5.60 Å². The van der Waals surface area contributed by atoms with Gasteiger partial charge in [-0.05, 0) is 19.9 Å². The molecular formula is C16H21N3O6S. The lowest BCUT2D eigenvalue weighted by Gasteiger charge is -2.23. The number of urea groups is 1. The van der Waals surface area contributed by atoms with Crippen LogP contribution in [0.3, 0.4) is 0 Å². The Hall–Kier alpha value is -2.59. The number of amides is 3. The first-order valence-electron chi connectivity index (χ1n) is 7.68. The average molecular weight is 383 g/mol. The van der Waals surface area contributed by atoms with Gasteiger partial charge in [-0.3, -0.25) is 0 Å². The van der Waals surface area contributed by atoms with Crippen LogP contribution in [-0.4, -0.2) is 48.9 Å². The fraction of sp³-hybridized carbons (Fsp3) is 0.375. The third-order valence-corrected chi connectivity index (χ3v) is 4.55. The van der Waals surface area contributed by atoms with Crippen molar-refractivity contribution < 1.29 is 27.5 Å². The molecule has 0 bridgehead atoms. The molecule has 0 radical (unpaired) electrons. The van der Waals surface area contributed by atoms with Gasteiger partial charge in [0.15, 0.2) is 11.5 Å². The highest BCUT2D eigenvalue weighted by Crippen LogP contribution is 2.41. The summed E-state index contributed by atoms with van der Waals surface area (Å²) < 4.78 is 34.3. The number of carbonyl (C=O) groups excluding carboxylic acids is 2. The summed E-state index contributed by atoms with van der Waals surface area (Å²) >= 11 is 0. The fourth-order valence-electron chi connectivity index (χ4n) is 2.48. The number of nitrogens with two attached hydrogens (primary N) is 1. The SMILES string of the molecule is C=CCN(C(=O)N(C)C(=O)Oc1cccc2c1OC(C)(C)C2)S(N)(=O)=O. The molecule has 0 saturated heterocycles. The molecule has 0 spiro atoms. The number of nitrogens with zero attached hydrogens (tertiary/aromatic N) is 2. The van der Waals surface area contributed by atoms with E-state index in [1.807, 2.05) is 19.9 Å². The molecule has 0 aromatic heterocycles. The number of carbonyl (C=O) groups is 2. The van der Waals surface area contributed by atoms with Gasteiger partial charge in [-0.25, -0.2) is 23.9 Å². The van der Waals surface area contributed by atoms with Crippen molar-refractivity contribution in [2.45, 2.75) is 25.9 Å². The van der Waals surface area contributed by atoms with Crippen molar-refractivity contribution >= 4 is 22.3 Å². The normalized spacial score (nSPS) is 14.8. The van der Waals surface area contributed by atoms with Crippen molar-refractivity contribution in [3.63, 3.8) is 0 Å². The number of hydrogen-bond donors (Lipinski definition) is 1. The van der Waals surface area contributed by atoms with Crippen molar-refractivity contribution in [3.8, 4) is 11.5 Å². The number of rotatable bonds is 4. The van der Waals surface area contributed by atoms with Crippen molar-refractivity contribution in [2.75, 3.05) is 13.6 Å². The van der Waals surface area contributed by atoms with E-state index in [2.05, 4.69) is 6.58 Å². The van der Waals surface area contributed by atoms with E-state index in [1.54, 1.807) is 6.07 Å². The second-order valence-corrected chi connectivity index (χ2v) is 7.83. The Kier molecular flexibility index (Phi) is 5.28. The smallest absolute Gasteiger partial charge is 0.423 e. The van der Waals surface area contributed by atoms with Crippen LogP contribution < -0.4 is 14.6 Å². The van der Waals surface area contributed by atoms with Crippen LogP contribution in [0.5, 0.6) is 11.5 Å². The maximum Gasteiger partial charge on any atom is 0.423 e. The Morgan fingerprint density at radius 2 is 2.08 bits per heavy atom. The Labute approximate surface area is 152 Å². The molecule has 1 aromatic carbocycles. The molecule has 0 atom stereocenters. The molecular weight excluding hydrogens is 362 g/mol. The Bertz CT molecular complexity index is 850. The Morgan fingerprint density at radius 3 is 2.65 bits per heavy atom.